The standard InChI is InChI=1S/C14H28N2O3/c1-15-14(17)13-19-11-6-5-10-18-12-9-16-7-3-2-4-8-16/h2-13H2,1H3,(H,15,17). The Bertz CT molecular complexity index is 231. The van der Waals surface area contributed by atoms with Crippen LogP contribution in [0.5, 0.6) is 0 Å². The first-order valence-electron chi connectivity index (χ1n) is 7.41. The first kappa shape index (κ1) is 16.4. The smallest absolute Gasteiger partial charge is 0.245 e. The highest BCUT2D eigenvalue weighted by atomic mass is 16.5. The predicted molar refractivity (Wildman–Crippen MR) is 75.2 cm³/mol. The van der Waals surface area contributed by atoms with Gasteiger partial charge in [0.05, 0.1) is 6.61 Å². The molecule has 1 saturated heterocycles. The molecule has 0 spiro atoms. The van der Waals surface area contributed by atoms with Gasteiger partial charge in [-0.25, -0.2) is 0 Å². The third kappa shape index (κ3) is 8.97. The summed E-state index contributed by atoms with van der Waals surface area (Å²) in [5.41, 5.74) is 0. The van der Waals surface area contributed by atoms with Crippen molar-refractivity contribution in [1.29, 1.82) is 0 Å². The van der Waals surface area contributed by atoms with Gasteiger partial charge in [0.2, 0.25) is 5.91 Å². The minimum absolute atomic E-state index is 0.0715. The second-order valence-electron chi connectivity index (χ2n) is 4.95. The van der Waals surface area contributed by atoms with E-state index in [0.717, 1.165) is 32.6 Å². The lowest BCUT2D eigenvalue weighted by Crippen LogP contribution is -2.32. The van der Waals surface area contributed by atoms with E-state index in [1.807, 2.05) is 0 Å². The number of ether oxygens (including phenoxy) is 2. The number of piperidine rings is 1. The minimum Gasteiger partial charge on any atom is -0.380 e. The third-order valence-corrected chi connectivity index (χ3v) is 3.34. The molecule has 1 rings (SSSR count). The van der Waals surface area contributed by atoms with E-state index in [9.17, 15) is 4.79 Å². The molecule has 0 radical (unpaired) electrons. The number of hydrogen-bond donors (Lipinski definition) is 1. The van der Waals surface area contributed by atoms with Gasteiger partial charge in [-0.05, 0) is 38.8 Å². The van der Waals surface area contributed by atoms with Crippen molar-refractivity contribution in [2.45, 2.75) is 32.1 Å². The zero-order valence-electron chi connectivity index (χ0n) is 12.2. The van der Waals surface area contributed by atoms with Gasteiger partial charge in [-0.1, -0.05) is 6.42 Å². The summed E-state index contributed by atoms with van der Waals surface area (Å²) < 4.78 is 10.8. The van der Waals surface area contributed by atoms with Gasteiger partial charge in [0.25, 0.3) is 0 Å². The monoisotopic (exact) mass is 272 g/mol. The molecule has 0 saturated carbocycles. The van der Waals surface area contributed by atoms with Gasteiger partial charge in [0.1, 0.15) is 6.61 Å². The molecule has 1 aliphatic rings. The summed E-state index contributed by atoms with van der Waals surface area (Å²) in [7, 11) is 1.61. The molecule has 0 atom stereocenters. The van der Waals surface area contributed by atoms with E-state index in [0.29, 0.717) is 6.61 Å². The van der Waals surface area contributed by atoms with Crippen LogP contribution in [0.1, 0.15) is 32.1 Å². The summed E-state index contributed by atoms with van der Waals surface area (Å²) in [5.74, 6) is -0.0715. The van der Waals surface area contributed by atoms with E-state index in [1.165, 1.54) is 32.4 Å². The maximum atomic E-state index is 10.9. The Labute approximate surface area is 116 Å². The van der Waals surface area contributed by atoms with E-state index in [4.69, 9.17) is 9.47 Å². The fraction of sp³-hybridized carbons (Fsp3) is 0.929. The molecule has 5 heteroatoms. The second kappa shape index (κ2) is 11.2. The quantitative estimate of drug-likeness (QED) is 0.604. The van der Waals surface area contributed by atoms with Crippen LogP contribution in [0, 0.1) is 0 Å². The van der Waals surface area contributed by atoms with Gasteiger partial charge in [-0.15, -0.1) is 0 Å². The normalized spacial score (nSPS) is 16.5. The van der Waals surface area contributed by atoms with Gasteiger partial charge in [-0.3, -0.25) is 4.79 Å². The predicted octanol–water partition coefficient (Wildman–Crippen LogP) is 1.03. The molecule has 0 aliphatic carbocycles. The Morgan fingerprint density at radius 1 is 1.05 bits per heavy atom. The van der Waals surface area contributed by atoms with Crippen LogP contribution in [0.25, 0.3) is 0 Å². The van der Waals surface area contributed by atoms with E-state index in [1.54, 1.807) is 7.05 Å². The highest BCUT2D eigenvalue weighted by Crippen LogP contribution is 2.07. The summed E-state index contributed by atoms with van der Waals surface area (Å²) in [6, 6.07) is 0. The van der Waals surface area contributed by atoms with Gasteiger partial charge in [0.15, 0.2) is 0 Å². The lowest BCUT2D eigenvalue weighted by atomic mass is 10.1. The number of likely N-dealkylation sites (tertiary alicyclic amines) is 1. The largest absolute Gasteiger partial charge is 0.380 e. The number of nitrogens with zero attached hydrogens (tertiary/aromatic N) is 1. The number of nitrogens with one attached hydrogen (secondary N) is 1. The van der Waals surface area contributed by atoms with Crippen LogP contribution in [-0.2, 0) is 14.3 Å². The van der Waals surface area contributed by atoms with Crippen molar-refractivity contribution in [3.05, 3.63) is 0 Å². The highest BCUT2D eigenvalue weighted by molar-refractivity contribution is 5.76. The Hall–Kier alpha value is -0.650. The molecule has 0 unspecified atom stereocenters. The van der Waals surface area contributed by atoms with Crippen LogP contribution in [0.3, 0.4) is 0 Å². The average Bonchev–Trinajstić information content (AvgIpc) is 2.46. The van der Waals surface area contributed by atoms with Gasteiger partial charge < -0.3 is 19.7 Å². The second-order valence-corrected chi connectivity index (χ2v) is 4.95. The molecule has 0 aromatic heterocycles. The molecule has 0 bridgehead atoms. The van der Waals surface area contributed by atoms with Gasteiger partial charge in [-0.2, -0.15) is 0 Å². The number of unbranched alkanes of at least 4 members (excludes halogenated alkanes) is 1. The maximum Gasteiger partial charge on any atom is 0.245 e. The summed E-state index contributed by atoms with van der Waals surface area (Å²) >= 11 is 0. The van der Waals surface area contributed by atoms with Crippen LogP contribution in [0.4, 0.5) is 0 Å². The number of amides is 1. The van der Waals surface area contributed by atoms with Crippen molar-refractivity contribution in [3.8, 4) is 0 Å². The molecule has 1 amide bonds. The lowest BCUT2D eigenvalue weighted by Gasteiger charge is -2.26. The summed E-state index contributed by atoms with van der Waals surface area (Å²) in [6.07, 6.45) is 5.99. The summed E-state index contributed by atoms with van der Waals surface area (Å²) in [6.45, 7) is 5.94. The Kier molecular flexibility index (Phi) is 9.67. The minimum atomic E-state index is -0.0715. The molecule has 1 fully saturated rings. The summed E-state index contributed by atoms with van der Waals surface area (Å²) in [5, 5.41) is 2.52. The molecule has 1 aliphatic heterocycles. The van der Waals surface area contributed by atoms with Crippen molar-refractivity contribution in [2.24, 2.45) is 0 Å². The van der Waals surface area contributed by atoms with Crippen LogP contribution in [-0.4, -0.2) is 63.9 Å². The number of carbonyl (C=O) groups excluding carboxylic acids is 1. The van der Waals surface area contributed by atoms with E-state index in [2.05, 4.69) is 10.2 Å². The van der Waals surface area contributed by atoms with E-state index >= 15 is 0 Å². The molecule has 0 aromatic carbocycles. The Morgan fingerprint density at radius 2 is 1.74 bits per heavy atom. The average molecular weight is 272 g/mol. The Morgan fingerprint density at radius 3 is 2.42 bits per heavy atom. The lowest BCUT2D eigenvalue weighted by molar-refractivity contribution is -0.125. The number of hydrogen-bond acceptors (Lipinski definition) is 4. The maximum absolute atomic E-state index is 10.9. The van der Waals surface area contributed by atoms with Crippen molar-refractivity contribution in [3.63, 3.8) is 0 Å². The molecule has 1 N–H and O–H groups in total. The number of likely N-dealkylation sites (N-methyl/N-ethyl adjacent to an activating group) is 1. The first-order chi connectivity index (χ1) is 9.33. The fourth-order valence-corrected chi connectivity index (χ4v) is 2.12. The number of carbonyl (C=O) groups is 1. The van der Waals surface area contributed by atoms with Crippen molar-refractivity contribution in [1.82, 2.24) is 10.2 Å². The molecule has 0 aromatic rings. The first-order valence-corrected chi connectivity index (χ1v) is 7.41. The van der Waals surface area contributed by atoms with Gasteiger partial charge in [0, 0.05) is 26.8 Å². The van der Waals surface area contributed by atoms with Crippen LogP contribution < -0.4 is 5.32 Å². The zero-order chi connectivity index (χ0) is 13.8. The van der Waals surface area contributed by atoms with Crippen molar-refractivity contribution >= 4 is 5.91 Å². The van der Waals surface area contributed by atoms with Crippen molar-refractivity contribution < 1.29 is 14.3 Å². The highest BCUT2D eigenvalue weighted by Gasteiger charge is 2.08. The van der Waals surface area contributed by atoms with Gasteiger partial charge >= 0.3 is 0 Å². The third-order valence-electron chi connectivity index (χ3n) is 3.34. The van der Waals surface area contributed by atoms with Crippen LogP contribution >= 0.6 is 0 Å². The SMILES string of the molecule is CNC(=O)COCCCCOCCN1CCCCC1. The van der Waals surface area contributed by atoms with Crippen LogP contribution in [0.2, 0.25) is 0 Å². The van der Waals surface area contributed by atoms with E-state index < -0.39 is 0 Å². The topological polar surface area (TPSA) is 50.8 Å². The molecule has 112 valence electrons. The zero-order valence-corrected chi connectivity index (χ0v) is 12.2. The Balaban J connectivity index is 1.77. The molecule has 19 heavy (non-hydrogen) atoms. The number of rotatable bonds is 10. The molecule has 1 heterocycles. The molecule has 5 nitrogen and oxygen atoms in total. The van der Waals surface area contributed by atoms with E-state index in [-0.39, 0.29) is 12.5 Å². The molecular weight excluding hydrogens is 244 g/mol. The van der Waals surface area contributed by atoms with Crippen molar-refractivity contribution in [2.75, 3.05) is 53.1 Å². The summed E-state index contributed by atoms with van der Waals surface area (Å²) in [4.78, 5) is 13.4. The fourth-order valence-electron chi connectivity index (χ4n) is 2.12. The molecular formula is C14H28N2O3. The van der Waals surface area contributed by atoms with Crippen LogP contribution in [0.15, 0.2) is 0 Å².